The smallest absolute Gasteiger partial charge is 0.251 e. The number of amides is 1. The van der Waals surface area contributed by atoms with Gasteiger partial charge in [-0.2, -0.15) is 4.73 Å². The monoisotopic (exact) mass is 351 g/mol. The van der Waals surface area contributed by atoms with Crippen LogP contribution in [0.15, 0.2) is 84.1 Å². The van der Waals surface area contributed by atoms with Crippen molar-refractivity contribution in [3.63, 3.8) is 0 Å². The SMILES string of the molecule is O=C(CSc1cccc[n+]1[O-])NC(c1ccccc1)c1ccccn1. The van der Waals surface area contributed by atoms with Crippen molar-refractivity contribution in [3.8, 4) is 0 Å². The van der Waals surface area contributed by atoms with Gasteiger partial charge in [0, 0.05) is 18.3 Å². The van der Waals surface area contributed by atoms with Crippen molar-refractivity contribution in [2.75, 3.05) is 5.75 Å². The Labute approximate surface area is 150 Å². The van der Waals surface area contributed by atoms with Crippen LogP contribution in [0.5, 0.6) is 0 Å². The van der Waals surface area contributed by atoms with E-state index in [1.807, 2.05) is 48.5 Å². The zero-order valence-electron chi connectivity index (χ0n) is 13.4. The van der Waals surface area contributed by atoms with E-state index >= 15 is 0 Å². The van der Waals surface area contributed by atoms with Crippen LogP contribution in [0.25, 0.3) is 0 Å². The summed E-state index contributed by atoms with van der Waals surface area (Å²) >= 11 is 1.21. The van der Waals surface area contributed by atoms with Gasteiger partial charge in [0.05, 0.1) is 17.5 Å². The molecule has 1 unspecified atom stereocenters. The maximum absolute atomic E-state index is 12.4. The summed E-state index contributed by atoms with van der Waals surface area (Å²) < 4.78 is 0.755. The number of hydrogen-bond acceptors (Lipinski definition) is 4. The lowest BCUT2D eigenvalue weighted by Crippen LogP contribution is -2.32. The molecule has 3 rings (SSSR count). The van der Waals surface area contributed by atoms with E-state index < -0.39 is 0 Å². The largest absolute Gasteiger partial charge is 0.618 e. The molecule has 3 aromatic rings. The minimum absolute atomic E-state index is 0.155. The molecule has 126 valence electrons. The third kappa shape index (κ3) is 4.58. The van der Waals surface area contributed by atoms with E-state index in [9.17, 15) is 10.0 Å². The Morgan fingerprint density at radius 1 is 1.08 bits per heavy atom. The fourth-order valence-corrected chi connectivity index (χ4v) is 3.11. The molecule has 0 bridgehead atoms. The second-order valence-corrected chi connectivity index (χ2v) is 6.31. The summed E-state index contributed by atoms with van der Waals surface area (Å²) in [5.41, 5.74) is 1.73. The number of hydrogen-bond donors (Lipinski definition) is 1. The van der Waals surface area contributed by atoms with Crippen LogP contribution in [0.2, 0.25) is 0 Å². The fraction of sp³-hybridized carbons (Fsp3) is 0.105. The summed E-state index contributed by atoms with van der Waals surface area (Å²) in [6, 6.07) is 20.1. The molecular weight excluding hydrogens is 334 g/mol. The topological polar surface area (TPSA) is 68.9 Å². The normalized spacial score (nSPS) is 11.7. The molecule has 0 aliphatic carbocycles. The van der Waals surface area contributed by atoms with Crippen LogP contribution in [0, 0.1) is 5.21 Å². The highest BCUT2D eigenvalue weighted by Gasteiger charge is 2.18. The van der Waals surface area contributed by atoms with Crippen molar-refractivity contribution in [1.82, 2.24) is 10.3 Å². The van der Waals surface area contributed by atoms with Gasteiger partial charge in [-0.1, -0.05) is 36.4 Å². The van der Waals surface area contributed by atoms with Crippen molar-refractivity contribution >= 4 is 17.7 Å². The Bertz CT molecular complexity index is 789. The second kappa shape index (κ2) is 8.30. The first kappa shape index (κ1) is 17.0. The number of pyridine rings is 2. The number of carbonyl (C=O) groups excluding carboxylic acids is 1. The summed E-state index contributed by atoms with van der Waals surface area (Å²) in [5, 5.41) is 15.1. The van der Waals surface area contributed by atoms with Crippen LogP contribution in [0.3, 0.4) is 0 Å². The van der Waals surface area contributed by atoms with Crippen LogP contribution < -0.4 is 10.0 Å². The van der Waals surface area contributed by atoms with E-state index in [0.717, 1.165) is 16.0 Å². The highest BCUT2D eigenvalue weighted by atomic mass is 32.2. The molecule has 5 nitrogen and oxygen atoms in total. The first-order valence-electron chi connectivity index (χ1n) is 7.80. The molecule has 6 heteroatoms. The highest BCUT2D eigenvalue weighted by Crippen LogP contribution is 2.20. The molecule has 0 saturated carbocycles. The minimum atomic E-state index is -0.328. The van der Waals surface area contributed by atoms with Gasteiger partial charge in [0.25, 0.3) is 5.03 Å². The van der Waals surface area contributed by atoms with Gasteiger partial charge in [-0.15, -0.1) is 0 Å². The van der Waals surface area contributed by atoms with Crippen LogP contribution >= 0.6 is 11.8 Å². The van der Waals surface area contributed by atoms with Gasteiger partial charge in [-0.3, -0.25) is 9.78 Å². The lowest BCUT2D eigenvalue weighted by Gasteiger charge is -2.18. The Morgan fingerprint density at radius 2 is 1.84 bits per heavy atom. The number of rotatable bonds is 6. The molecule has 0 radical (unpaired) electrons. The lowest BCUT2D eigenvalue weighted by molar-refractivity contribution is -0.645. The van der Waals surface area contributed by atoms with Gasteiger partial charge in [-0.05, 0) is 35.5 Å². The molecule has 2 aromatic heterocycles. The summed E-state index contributed by atoms with van der Waals surface area (Å²) in [7, 11) is 0. The van der Waals surface area contributed by atoms with Gasteiger partial charge in [-0.25, -0.2) is 0 Å². The third-order valence-electron chi connectivity index (χ3n) is 3.56. The maximum Gasteiger partial charge on any atom is 0.251 e. The molecule has 0 aliphatic rings. The molecule has 0 saturated heterocycles. The zero-order valence-corrected chi connectivity index (χ0v) is 14.2. The Hall–Kier alpha value is -2.86. The van der Waals surface area contributed by atoms with Gasteiger partial charge in [0.2, 0.25) is 5.91 Å². The van der Waals surface area contributed by atoms with Gasteiger partial charge in [0.1, 0.15) is 0 Å². The molecular formula is C19H17N3O2S. The van der Waals surface area contributed by atoms with E-state index in [-0.39, 0.29) is 17.7 Å². The number of thioether (sulfide) groups is 1. The Morgan fingerprint density at radius 3 is 2.56 bits per heavy atom. The van der Waals surface area contributed by atoms with Gasteiger partial charge < -0.3 is 10.5 Å². The molecule has 1 atom stereocenters. The lowest BCUT2D eigenvalue weighted by atomic mass is 10.0. The summed E-state index contributed by atoms with van der Waals surface area (Å²) in [6.45, 7) is 0. The predicted octanol–water partition coefficient (Wildman–Crippen LogP) is 2.71. The van der Waals surface area contributed by atoms with Crippen LogP contribution in [-0.4, -0.2) is 16.6 Å². The number of nitrogens with zero attached hydrogens (tertiary/aromatic N) is 2. The fourth-order valence-electron chi connectivity index (χ4n) is 2.39. The Kier molecular flexibility index (Phi) is 5.64. The molecule has 0 aliphatic heterocycles. The van der Waals surface area contributed by atoms with Crippen molar-refractivity contribution < 1.29 is 9.52 Å². The van der Waals surface area contributed by atoms with Crippen LogP contribution in [0.1, 0.15) is 17.3 Å². The first-order valence-corrected chi connectivity index (χ1v) is 8.79. The van der Waals surface area contributed by atoms with E-state index in [1.165, 1.54) is 18.0 Å². The van der Waals surface area contributed by atoms with Crippen molar-refractivity contribution in [2.45, 2.75) is 11.1 Å². The van der Waals surface area contributed by atoms with E-state index in [0.29, 0.717) is 5.03 Å². The summed E-state index contributed by atoms with van der Waals surface area (Å²) in [6.07, 6.45) is 3.12. The maximum atomic E-state index is 12.4. The van der Waals surface area contributed by atoms with Crippen molar-refractivity contribution in [1.29, 1.82) is 0 Å². The number of nitrogens with one attached hydrogen (secondary N) is 1. The second-order valence-electron chi connectivity index (χ2n) is 5.32. The average molecular weight is 351 g/mol. The van der Waals surface area contributed by atoms with Crippen LogP contribution in [-0.2, 0) is 4.79 Å². The van der Waals surface area contributed by atoms with Crippen LogP contribution in [0.4, 0.5) is 0 Å². The first-order chi connectivity index (χ1) is 12.2. The molecule has 25 heavy (non-hydrogen) atoms. The zero-order chi connectivity index (χ0) is 17.5. The standard InChI is InChI=1S/C19H17N3O2S/c23-17(14-25-18-11-5-7-13-22(18)24)21-19(15-8-2-1-3-9-15)16-10-4-6-12-20-16/h1-13,19H,14H2,(H,21,23). The van der Waals surface area contributed by atoms with E-state index in [2.05, 4.69) is 10.3 Å². The number of benzene rings is 1. The summed E-state index contributed by atoms with van der Waals surface area (Å²) in [5.74, 6) is -0.00375. The molecule has 0 fully saturated rings. The van der Waals surface area contributed by atoms with E-state index in [1.54, 1.807) is 24.4 Å². The van der Waals surface area contributed by atoms with E-state index in [4.69, 9.17) is 0 Å². The number of carbonyl (C=O) groups is 1. The Balaban J connectivity index is 1.72. The molecule has 1 aromatic carbocycles. The number of aromatic nitrogens is 2. The average Bonchev–Trinajstić information content (AvgIpc) is 2.67. The minimum Gasteiger partial charge on any atom is -0.618 e. The predicted molar refractivity (Wildman–Crippen MR) is 96.8 cm³/mol. The van der Waals surface area contributed by atoms with Crippen molar-refractivity contribution in [3.05, 3.63) is 95.6 Å². The molecule has 1 N–H and O–H groups in total. The van der Waals surface area contributed by atoms with Gasteiger partial charge in [0.15, 0.2) is 6.20 Å². The van der Waals surface area contributed by atoms with Gasteiger partial charge >= 0.3 is 0 Å². The summed E-state index contributed by atoms with van der Waals surface area (Å²) in [4.78, 5) is 16.8. The van der Waals surface area contributed by atoms with Crippen molar-refractivity contribution in [2.24, 2.45) is 0 Å². The highest BCUT2D eigenvalue weighted by molar-refractivity contribution is 7.99. The molecule has 1 amide bonds. The molecule has 0 spiro atoms. The third-order valence-corrected chi connectivity index (χ3v) is 4.58. The molecule has 2 heterocycles. The quantitative estimate of drug-likeness (QED) is 0.421.